The summed E-state index contributed by atoms with van der Waals surface area (Å²) in [6, 6.07) is 9.27. The van der Waals surface area contributed by atoms with Crippen LogP contribution in [-0.4, -0.2) is 33.0 Å². The lowest BCUT2D eigenvalue weighted by Gasteiger charge is -2.31. The molecular formula is C16H23NO2. The van der Waals surface area contributed by atoms with E-state index in [2.05, 4.69) is 29.6 Å². The average molecular weight is 261 g/mol. The molecule has 2 aliphatic rings. The predicted octanol–water partition coefficient (Wildman–Crippen LogP) is 2.63. The lowest BCUT2D eigenvalue weighted by molar-refractivity contribution is -0.101. The minimum absolute atomic E-state index is 0.119. The van der Waals surface area contributed by atoms with Crippen molar-refractivity contribution in [2.45, 2.75) is 37.3 Å². The van der Waals surface area contributed by atoms with Crippen LogP contribution in [-0.2, 0) is 9.47 Å². The van der Waals surface area contributed by atoms with Crippen LogP contribution in [0.2, 0.25) is 0 Å². The fourth-order valence-corrected chi connectivity index (χ4v) is 2.98. The van der Waals surface area contributed by atoms with Gasteiger partial charge in [0.1, 0.15) is 6.10 Å². The molecule has 1 saturated carbocycles. The molecule has 0 bridgehead atoms. The maximum Gasteiger partial charge on any atom is 0.100 e. The molecule has 0 radical (unpaired) electrons. The minimum atomic E-state index is 0.119. The van der Waals surface area contributed by atoms with Crippen molar-refractivity contribution in [2.24, 2.45) is 0 Å². The van der Waals surface area contributed by atoms with Gasteiger partial charge in [-0.25, -0.2) is 0 Å². The van der Waals surface area contributed by atoms with Crippen LogP contribution in [0.5, 0.6) is 0 Å². The molecule has 1 N–H and O–H groups in total. The second-order valence-corrected chi connectivity index (χ2v) is 5.54. The van der Waals surface area contributed by atoms with Crippen LogP contribution in [0.25, 0.3) is 0 Å². The minimum Gasteiger partial charge on any atom is -0.376 e. The van der Waals surface area contributed by atoms with E-state index in [0.29, 0.717) is 19.8 Å². The van der Waals surface area contributed by atoms with Gasteiger partial charge in [-0.1, -0.05) is 30.7 Å². The van der Waals surface area contributed by atoms with Gasteiger partial charge >= 0.3 is 0 Å². The van der Waals surface area contributed by atoms with E-state index in [4.69, 9.17) is 9.47 Å². The standard InChI is InChI=1S/C16H23NO2/c1-17-16(15-11-18-9-10-19-15)14-7-5-13(6-8-14)12-3-2-4-12/h5-8,12,15-17H,2-4,9-11H2,1H3. The molecule has 2 unspecified atom stereocenters. The summed E-state index contributed by atoms with van der Waals surface area (Å²) in [5.41, 5.74) is 2.78. The Hall–Kier alpha value is -0.900. The number of nitrogens with one attached hydrogen (secondary N) is 1. The number of hydrogen-bond donors (Lipinski definition) is 1. The van der Waals surface area contributed by atoms with Gasteiger partial charge < -0.3 is 14.8 Å². The maximum absolute atomic E-state index is 5.81. The van der Waals surface area contributed by atoms with Gasteiger partial charge in [-0.2, -0.15) is 0 Å². The van der Waals surface area contributed by atoms with Crippen LogP contribution in [0.4, 0.5) is 0 Å². The van der Waals surface area contributed by atoms with Crippen LogP contribution in [0.3, 0.4) is 0 Å². The van der Waals surface area contributed by atoms with Crippen molar-refractivity contribution in [3.8, 4) is 0 Å². The number of hydrogen-bond acceptors (Lipinski definition) is 3. The number of ether oxygens (including phenoxy) is 2. The Morgan fingerprint density at radius 2 is 1.95 bits per heavy atom. The zero-order valence-corrected chi connectivity index (χ0v) is 11.6. The van der Waals surface area contributed by atoms with E-state index in [1.54, 1.807) is 0 Å². The molecule has 3 heteroatoms. The SMILES string of the molecule is CNC(c1ccc(C2CCC2)cc1)C1COCCO1. The summed E-state index contributed by atoms with van der Waals surface area (Å²) < 4.78 is 11.3. The normalized spacial score (nSPS) is 25.8. The van der Waals surface area contributed by atoms with Gasteiger partial charge in [-0.15, -0.1) is 0 Å². The number of likely N-dealkylation sites (N-methyl/N-ethyl adjacent to an activating group) is 1. The zero-order valence-electron chi connectivity index (χ0n) is 11.6. The molecule has 3 rings (SSSR count). The van der Waals surface area contributed by atoms with Crippen molar-refractivity contribution in [1.29, 1.82) is 0 Å². The fraction of sp³-hybridized carbons (Fsp3) is 0.625. The summed E-state index contributed by atoms with van der Waals surface area (Å²) in [5, 5.41) is 3.36. The molecule has 3 nitrogen and oxygen atoms in total. The summed E-state index contributed by atoms with van der Waals surface area (Å²) in [6.07, 6.45) is 4.22. The Bertz CT molecular complexity index is 394. The second-order valence-electron chi connectivity index (χ2n) is 5.54. The summed E-state index contributed by atoms with van der Waals surface area (Å²) in [4.78, 5) is 0. The number of rotatable bonds is 4. The summed E-state index contributed by atoms with van der Waals surface area (Å²) >= 11 is 0. The van der Waals surface area contributed by atoms with Crippen molar-refractivity contribution in [2.75, 3.05) is 26.9 Å². The molecule has 1 aromatic rings. The first-order valence-corrected chi connectivity index (χ1v) is 7.35. The van der Waals surface area contributed by atoms with Crippen molar-refractivity contribution in [1.82, 2.24) is 5.32 Å². The van der Waals surface area contributed by atoms with Gasteiger partial charge in [0, 0.05) is 0 Å². The average Bonchev–Trinajstić information content (AvgIpc) is 2.41. The molecule has 0 spiro atoms. The first-order valence-electron chi connectivity index (χ1n) is 7.35. The van der Waals surface area contributed by atoms with E-state index in [1.165, 1.54) is 30.4 Å². The van der Waals surface area contributed by atoms with Crippen molar-refractivity contribution < 1.29 is 9.47 Å². The molecule has 0 amide bonds. The smallest absolute Gasteiger partial charge is 0.100 e. The summed E-state index contributed by atoms with van der Waals surface area (Å²) in [7, 11) is 1.99. The van der Waals surface area contributed by atoms with E-state index in [1.807, 2.05) is 7.05 Å². The topological polar surface area (TPSA) is 30.5 Å². The van der Waals surface area contributed by atoms with Crippen molar-refractivity contribution >= 4 is 0 Å². The van der Waals surface area contributed by atoms with Crippen LogP contribution < -0.4 is 5.32 Å². The Morgan fingerprint density at radius 3 is 2.47 bits per heavy atom. The molecule has 2 atom stereocenters. The fourth-order valence-electron chi connectivity index (χ4n) is 2.98. The molecular weight excluding hydrogens is 238 g/mol. The predicted molar refractivity (Wildman–Crippen MR) is 75.4 cm³/mol. The van der Waals surface area contributed by atoms with Gasteiger partial charge in [-0.3, -0.25) is 0 Å². The number of benzene rings is 1. The molecule has 1 saturated heterocycles. The van der Waals surface area contributed by atoms with E-state index in [0.717, 1.165) is 5.92 Å². The van der Waals surface area contributed by atoms with Crippen molar-refractivity contribution in [3.05, 3.63) is 35.4 Å². The molecule has 0 aromatic heterocycles. The maximum atomic E-state index is 5.81. The molecule has 19 heavy (non-hydrogen) atoms. The summed E-state index contributed by atoms with van der Waals surface area (Å²) in [5.74, 6) is 0.802. The molecule has 2 fully saturated rings. The Morgan fingerprint density at radius 1 is 1.16 bits per heavy atom. The molecule has 1 aromatic carbocycles. The van der Waals surface area contributed by atoms with E-state index >= 15 is 0 Å². The highest BCUT2D eigenvalue weighted by molar-refractivity contribution is 5.29. The first kappa shape index (κ1) is 13.1. The lowest BCUT2D eigenvalue weighted by Crippen LogP contribution is -2.39. The molecule has 1 heterocycles. The van der Waals surface area contributed by atoms with Crippen LogP contribution >= 0.6 is 0 Å². The second kappa shape index (κ2) is 6.04. The monoisotopic (exact) mass is 261 g/mol. The van der Waals surface area contributed by atoms with E-state index in [-0.39, 0.29) is 12.1 Å². The highest BCUT2D eigenvalue weighted by atomic mass is 16.6. The van der Waals surface area contributed by atoms with Gasteiger partial charge in [0.25, 0.3) is 0 Å². The molecule has 104 valence electrons. The third-order valence-corrected chi connectivity index (χ3v) is 4.40. The van der Waals surface area contributed by atoms with Gasteiger partial charge in [-0.05, 0) is 36.9 Å². The largest absolute Gasteiger partial charge is 0.376 e. The van der Waals surface area contributed by atoms with Gasteiger partial charge in [0.05, 0.1) is 25.9 Å². The Kier molecular flexibility index (Phi) is 4.16. The third-order valence-electron chi connectivity index (χ3n) is 4.40. The van der Waals surface area contributed by atoms with E-state index in [9.17, 15) is 0 Å². The van der Waals surface area contributed by atoms with Crippen molar-refractivity contribution in [3.63, 3.8) is 0 Å². The van der Waals surface area contributed by atoms with Gasteiger partial charge in [0.15, 0.2) is 0 Å². The Balaban J connectivity index is 1.71. The highest BCUT2D eigenvalue weighted by Gasteiger charge is 2.26. The summed E-state index contributed by atoms with van der Waals surface area (Å²) in [6.45, 7) is 2.09. The zero-order chi connectivity index (χ0) is 13.1. The Labute approximate surface area is 115 Å². The van der Waals surface area contributed by atoms with Gasteiger partial charge in [0.2, 0.25) is 0 Å². The van der Waals surface area contributed by atoms with E-state index < -0.39 is 0 Å². The molecule has 1 aliphatic carbocycles. The molecule has 1 aliphatic heterocycles. The van der Waals surface area contributed by atoms with Crippen LogP contribution in [0.1, 0.15) is 42.3 Å². The third kappa shape index (κ3) is 2.83. The highest BCUT2D eigenvalue weighted by Crippen LogP contribution is 2.36. The lowest BCUT2D eigenvalue weighted by atomic mass is 9.79. The quantitative estimate of drug-likeness (QED) is 0.904. The van der Waals surface area contributed by atoms with Crippen LogP contribution in [0, 0.1) is 0 Å². The van der Waals surface area contributed by atoms with Crippen LogP contribution in [0.15, 0.2) is 24.3 Å². The first-order chi connectivity index (χ1) is 9.38.